The standard InChI is InChI=1S/C21H30N4O3/c1-27-17-11-15-16(12-18(17)28-2)23-20(24-19(15)22)25-9-5-14(6-10-25)13-21(26)7-3-4-8-21/h11-12,14,26H,3-10,13H2,1-2H3,(H2,22,23,24). The minimum absolute atomic E-state index is 0.424. The molecule has 0 spiro atoms. The number of aliphatic hydroxyl groups is 1. The Morgan fingerprint density at radius 3 is 2.39 bits per heavy atom. The number of hydrogen-bond acceptors (Lipinski definition) is 7. The van der Waals surface area contributed by atoms with E-state index in [0.29, 0.717) is 29.2 Å². The lowest BCUT2D eigenvalue weighted by Crippen LogP contribution is -2.38. The van der Waals surface area contributed by atoms with Crippen LogP contribution in [0.15, 0.2) is 12.1 Å². The smallest absolute Gasteiger partial charge is 0.227 e. The Balaban J connectivity index is 1.50. The summed E-state index contributed by atoms with van der Waals surface area (Å²) in [6.45, 7) is 1.78. The number of fused-ring (bicyclic) bond motifs is 1. The summed E-state index contributed by atoms with van der Waals surface area (Å²) in [6.07, 6.45) is 7.27. The molecule has 7 nitrogen and oxygen atoms in total. The van der Waals surface area contributed by atoms with E-state index < -0.39 is 5.60 Å². The number of nitrogens with zero attached hydrogens (tertiary/aromatic N) is 3. The number of hydrogen-bond donors (Lipinski definition) is 2. The van der Waals surface area contributed by atoms with Crippen LogP contribution in [0.4, 0.5) is 11.8 Å². The van der Waals surface area contributed by atoms with E-state index in [0.717, 1.165) is 68.9 Å². The van der Waals surface area contributed by atoms with Crippen molar-refractivity contribution in [2.45, 2.75) is 50.5 Å². The number of anilines is 2. The van der Waals surface area contributed by atoms with Crippen molar-refractivity contribution in [2.24, 2.45) is 5.92 Å². The maximum Gasteiger partial charge on any atom is 0.227 e. The second-order valence-corrected chi connectivity index (χ2v) is 8.20. The van der Waals surface area contributed by atoms with E-state index in [1.54, 1.807) is 14.2 Å². The molecule has 1 aromatic heterocycles. The minimum atomic E-state index is -0.424. The lowest BCUT2D eigenvalue weighted by molar-refractivity contribution is 0.0185. The SMILES string of the molecule is COc1cc2nc(N3CCC(CC4(O)CCCC4)CC3)nc(N)c2cc1OC. The largest absolute Gasteiger partial charge is 0.493 e. The van der Waals surface area contributed by atoms with E-state index in [1.807, 2.05) is 12.1 Å². The summed E-state index contributed by atoms with van der Waals surface area (Å²) in [5.74, 6) is 2.92. The molecule has 1 saturated heterocycles. The van der Waals surface area contributed by atoms with Crippen molar-refractivity contribution in [2.75, 3.05) is 37.9 Å². The number of nitrogens with two attached hydrogens (primary N) is 1. The lowest BCUT2D eigenvalue weighted by Gasteiger charge is -2.35. The predicted octanol–water partition coefficient (Wildman–Crippen LogP) is 3.14. The van der Waals surface area contributed by atoms with Crippen molar-refractivity contribution in [1.82, 2.24) is 9.97 Å². The van der Waals surface area contributed by atoms with Crippen molar-refractivity contribution in [3.63, 3.8) is 0 Å². The topological polar surface area (TPSA) is 93.7 Å². The van der Waals surface area contributed by atoms with Gasteiger partial charge < -0.3 is 25.2 Å². The van der Waals surface area contributed by atoms with Gasteiger partial charge in [0.2, 0.25) is 5.95 Å². The van der Waals surface area contributed by atoms with Crippen LogP contribution in [-0.2, 0) is 0 Å². The number of rotatable bonds is 5. The molecule has 0 atom stereocenters. The quantitative estimate of drug-likeness (QED) is 0.815. The first-order valence-electron chi connectivity index (χ1n) is 10.2. The summed E-state index contributed by atoms with van der Waals surface area (Å²) in [4.78, 5) is 11.5. The van der Waals surface area contributed by atoms with Gasteiger partial charge in [0, 0.05) is 24.5 Å². The lowest BCUT2D eigenvalue weighted by atomic mass is 9.83. The second-order valence-electron chi connectivity index (χ2n) is 8.20. The normalized spacial score (nSPS) is 19.9. The summed E-state index contributed by atoms with van der Waals surface area (Å²) in [6, 6.07) is 3.67. The maximum atomic E-state index is 10.7. The summed E-state index contributed by atoms with van der Waals surface area (Å²) in [7, 11) is 3.21. The van der Waals surface area contributed by atoms with Crippen LogP contribution in [-0.4, -0.2) is 48.0 Å². The Morgan fingerprint density at radius 1 is 1.11 bits per heavy atom. The van der Waals surface area contributed by atoms with Crippen molar-refractivity contribution < 1.29 is 14.6 Å². The molecule has 2 heterocycles. The zero-order valence-corrected chi connectivity index (χ0v) is 16.8. The first kappa shape index (κ1) is 19.1. The Hall–Kier alpha value is -2.28. The molecule has 2 fully saturated rings. The summed E-state index contributed by atoms with van der Waals surface area (Å²) in [5, 5.41) is 11.5. The molecule has 4 rings (SSSR count). The molecule has 2 aromatic rings. The second kappa shape index (κ2) is 7.62. The zero-order chi connectivity index (χ0) is 19.7. The van der Waals surface area contributed by atoms with Gasteiger partial charge in [-0.2, -0.15) is 4.98 Å². The van der Waals surface area contributed by atoms with Crippen LogP contribution in [0.2, 0.25) is 0 Å². The van der Waals surface area contributed by atoms with Gasteiger partial charge in [-0.3, -0.25) is 0 Å². The number of aromatic nitrogens is 2. The van der Waals surface area contributed by atoms with E-state index >= 15 is 0 Å². The highest BCUT2D eigenvalue weighted by Gasteiger charge is 2.35. The number of piperidine rings is 1. The number of ether oxygens (including phenoxy) is 2. The molecular weight excluding hydrogens is 356 g/mol. The monoisotopic (exact) mass is 386 g/mol. The third kappa shape index (κ3) is 3.68. The molecule has 1 saturated carbocycles. The van der Waals surface area contributed by atoms with Crippen molar-refractivity contribution in [3.8, 4) is 11.5 Å². The number of methoxy groups -OCH3 is 2. The molecule has 3 N–H and O–H groups in total. The van der Waals surface area contributed by atoms with Gasteiger partial charge in [-0.05, 0) is 44.1 Å². The average molecular weight is 386 g/mol. The van der Waals surface area contributed by atoms with Gasteiger partial charge in [0.05, 0.1) is 25.3 Å². The fourth-order valence-corrected chi connectivity index (χ4v) is 4.72. The Labute approximate surface area is 165 Å². The van der Waals surface area contributed by atoms with Crippen LogP contribution in [0.1, 0.15) is 44.9 Å². The third-order valence-corrected chi connectivity index (χ3v) is 6.32. The van der Waals surface area contributed by atoms with Gasteiger partial charge in [-0.1, -0.05) is 12.8 Å². The third-order valence-electron chi connectivity index (χ3n) is 6.32. The molecule has 1 aromatic carbocycles. The molecule has 152 valence electrons. The van der Waals surface area contributed by atoms with E-state index in [-0.39, 0.29) is 0 Å². The highest BCUT2D eigenvalue weighted by Crippen LogP contribution is 2.38. The molecule has 0 amide bonds. The first-order chi connectivity index (χ1) is 13.5. The fraction of sp³-hybridized carbons (Fsp3) is 0.619. The van der Waals surface area contributed by atoms with Gasteiger partial charge in [-0.15, -0.1) is 0 Å². The first-order valence-corrected chi connectivity index (χ1v) is 10.2. The van der Waals surface area contributed by atoms with Gasteiger partial charge in [0.15, 0.2) is 11.5 Å². The number of benzene rings is 1. The highest BCUT2D eigenvalue weighted by atomic mass is 16.5. The molecule has 2 aliphatic rings. The molecule has 7 heteroatoms. The summed E-state index contributed by atoms with van der Waals surface area (Å²) >= 11 is 0. The predicted molar refractivity (Wildman–Crippen MR) is 110 cm³/mol. The van der Waals surface area contributed by atoms with Gasteiger partial charge >= 0.3 is 0 Å². The van der Waals surface area contributed by atoms with Crippen molar-refractivity contribution >= 4 is 22.7 Å². The molecule has 28 heavy (non-hydrogen) atoms. The van der Waals surface area contributed by atoms with Crippen molar-refractivity contribution in [1.29, 1.82) is 0 Å². The summed E-state index contributed by atoms with van der Waals surface area (Å²) < 4.78 is 10.7. The Bertz CT molecular complexity index is 843. The highest BCUT2D eigenvalue weighted by molar-refractivity contribution is 5.91. The molecule has 1 aliphatic carbocycles. The van der Waals surface area contributed by atoms with E-state index in [4.69, 9.17) is 20.2 Å². The van der Waals surface area contributed by atoms with E-state index in [2.05, 4.69) is 9.88 Å². The summed E-state index contributed by atoms with van der Waals surface area (Å²) in [5.41, 5.74) is 6.55. The number of nitrogen functional groups attached to an aromatic ring is 1. The van der Waals surface area contributed by atoms with Gasteiger partial charge in [0.25, 0.3) is 0 Å². The fourth-order valence-electron chi connectivity index (χ4n) is 4.72. The van der Waals surface area contributed by atoms with E-state index in [9.17, 15) is 5.11 Å². The molecular formula is C21H30N4O3. The van der Waals surface area contributed by atoms with Gasteiger partial charge in [0.1, 0.15) is 5.82 Å². The van der Waals surface area contributed by atoms with Crippen LogP contribution in [0.3, 0.4) is 0 Å². The molecule has 0 bridgehead atoms. The molecule has 0 unspecified atom stereocenters. The zero-order valence-electron chi connectivity index (χ0n) is 16.8. The van der Waals surface area contributed by atoms with Crippen LogP contribution in [0.5, 0.6) is 11.5 Å². The molecule has 1 aliphatic heterocycles. The minimum Gasteiger partial charge on any atom is -0.493 e. The van der Waals surface area contributed by atoms with Gasteiger partial charge in [-0.25, -0.2) is 4.98 Å². The van der Waals surface area contributed by atoms with Crippen LogP contribution in [0, 0.1) is 5.92 Å². The van der Waals surface area contributed by atoms with Crippen LogP contribution < -0.4 is 20.1 Å². The Morgan fingerprint density at radius 2 is 1.75 bits per heavy atom. The van der Waals surface area contributed by atoms with Crippen LogP contribution in [0.25, 0.3) is 10.9 Å². The molecule has 0 radical (unpaired) electrons. The maximum absolute atomic E-state index is 10.7. The van der Waals surface area contributed by atoms with E-state index in [1.165, 1.54) is 0 Å². The Kier molecular flexibility index (Phi) is 5.19. The van der Waals surface area contributed by atoms with Crippen molar-refractivity contribution in [3.05, 3.63) is 12.1 Å². The average Bonchev–Trinajstić information content (AvgIpc) is 3.13. The van der Waals surface area contributed by atoms with Crippen LogP contribution >= 0.6 is 0 Å².